The van der Waals surface area contributed by atoms with Crippen LogP contribution >= 0.6 is 0 Å². The van der Waals surface area contributed by atoms with Gasteiger partial charge in [-0.15, -0.1) is 0 Å². The zero-order valence-electron chi connectivity index (χ0n) is 11.2. The van der Waals surface area contributed by atoms with E-state index in [-0.39, 0.29) is 18.5 Å². The Bertz CT molecular complexity index is 605. The van der Waals surface area contributed by atoms with Gasteiger partial charge in [-0.3, -0.25) is 4.79 Å². The van der Waals surface area contributed by atoms with E-state index in [0.717, 1.165) is 0 Å². The molecule has 1 aromatic carbocycles. The first kappa shape index (κ1) is 13.7. The molecule has 1 atom stereocenters. The number of hydrogen-bond donors (Lipinski definition) is 1. The molecule has 0 radical (unpaired) electrons. The number of benzene rings is 1. The van der Waals surface area contributed by atoms with Gasteiger partial charge in [-0.2, -0.15) is 0 Å². The molecule has 2 aliphatic rings. The smallest absolute Gasteiger partial charge is 0.343 e. The summed E-state index contributed by atoms with van der Waals surface area (Å²) in [7, 11) is 0. The summed E-state index contributed by atoms with van der Waals surface area (Å²) in [6.45, 7) is 0.346. The number of carboxylic acid groups (broad SMARTS) is 1. The number of aliphatic carboxylic acids is 1. The first-order valence-electron chi connectivity index (χ1n) is 6.61. The predicted molar refractivity (Wildman–Crippen MR) is 69.4 cm³/mol. The van der Waals surface area contributed by atoms with Crippen LogP contribution < -0.4 is 9.47 Å². The van der Waals surface area contributed by atoms with Crippen LogP contribution in [0, 0.1) is 0 Å². The highest BCUT2D eigenvalue weighted by molar-refractivity contribution is 5.98. The molecule has 0 bridgehead atoms. The van der Waals surface area contributed by atoms with Crippen molar-refractivity contribution < 1.29 is 28.6 Å². The molecule has 0 aliphatic carbocycles. The van der Waals surface area contributed by atoms with E-state index in [0.29, 0.717) is 24.7 Å². The summed E-state index contributed by atoms with van der Waals surface area (Å²) in [5.74, 6) is -1.18. The Morgan fingerprint density at radius 2 is 2.05 bits per heavy atom. The van der Waals surface area contributed by atoms with Crippen molar-refractivity contribution in [2.24, 2.45) is 0 Å². The van der Waals surface area contributed by atoms with Crippen molar-refractivity contribution in [3.63, 3.8) is 0 Å². The van der Waals surface area contributed by atoms with Gasteiger partial charge < -0.3 is 19.5 Å². The number of carboxylic acids is 1. The van der Waals surface area contributed by atoms with Crippen LogP contribution in [-0.2, 0) is 4.79 Å². The lowest BCUT2D eigenvalue weighted by Gasteiger charge is -2.23. The third-order valence-electron chi connectivity index (χ3n) is 3.69. The maximum atomic E-state index is 14.1. The van der Waals surface area contributed by atoms with Gasteiger partial charge in [0.25, 0.3) is 5.91 Å². The van der Waals surface area contributed by atoms with E-state index in [2.05, 4.69) is 0 Å². The molecule has 2 aliphatic heterocycles. The van der Waals surface area contributed by atoms with Crippen LogP contribution in [0.5, 0.6) is 11.5 Å². The summed E-state index contributed by atoms with van der Waals surface area (Å²) in [5.41, 5.74) is -2.11. The zero-order valence-corrected chi connectivity index (χ0v) is 11.2. The van der Waals surface area contributed by atoms with Gasteiger partial charge >= 0.3 is 5.97 Å². The minimum atomic E-state index is -2.37. The van der Waals surface area contributed by atoms with Crippen LogP contribution in [-0.4, -0.2) is 53.9 Å². The number of nitrogens with zero attached hydrogens (tertiary/aromatic N) is 1. The van der Waals surface area contributed by atoms with Gasteiger partial charge in [0, 0.05) is 13.0 Å². The summed E-state index contributed by atoms with van der Waals surface area (Å²) in [6, 6.07) is 4.90. The Labute approximate surface area is 120 Å². The lowest BCUT2D eigenvalue weighted by molar-refractivity contribution is -0.149. The Hall–Kier alpha value is -2.31. The zero-order chi connectivity index (χ0) is 15.0. The molecule has 1 unspecified atom stereocenters. The van der Waals surface area contributed by atoms with Crippen molar-refractivity contribution in [2.45, 2.75) is 12.1 Å². The third kappa shape index (κ3) is 2.28. The molecule has 0 saturated carbocycles. The quantitative estimate of drug-likeness (QED) is 0.884. The average molecular weight is 295 g/mol. The molecule has 1 amide bonds. The van der Waals surface area contributed by atoms with Crippen LogP contribution in [0.3, 0.4) is 0 Å². The van der Waals surface area contributed by atoms with E-state index in [4.69, 9.17) is 14.6 Å². The molecule has 112 valence electrons. The third-order valence-corrected chi connectivity index (χ3v) is 3.69. The van der Waals surface area contributed by atoms with Gasteiger partial charge in [0.15, 0.2) is 11.5 Å². The Morgan fingerprint density at radius 3 is 2.76 bits per heavy atom. The van der Waals surface area contributed by atoms with Crippen LogP contribution in [0.1, 0.15) is 16.8 Å². The van der Waals surface area contributed by atoms with Gasteiger partial charge in [0.2, 0.25) is 5.67 Å². The standard InChI is InChI=1S/C14H14FNO5/c15-14(13(18)19)4-5-16(8-14)12(17)9-2-1-3-10-11(9)21-7-6-20-10/h1-3H,4-8H2,(H,18,19). The number of alkyl halides is 1. The molecule has 1 N–H and O–H groups in total. The second-order valence-electron chi connectivity index (χ2n) is 5.08. The van der Waals surface area contributed by atoms with Crippen molar-refractivity contribution in [1.82, 2.24) is 4.90 Å². The second-order valence-corrected chi connectivity index (χ2v) is 5.08. The average Bonchev–Trinajstić information content (AvgIpc) is 2.90. The van der Waals surface area contributed by atoms with Crippen molar-refractivity contribution in [3.05, 3.63) is 23.8 Å². The first-order valence-corrected chi connectivity index (χ1v) is 6.61. The molecular formula is C14H14FNO5. The Kier molecular flexibility index (Phi) is 3.19. The highest BCUT2D eigenvalue weighted by Gasteiger charge is 2.47. The topological polar surface area (TPSA) is 76.1 Å². The highest BCUT2D eigenvalue weighted by Crippen LogP contribution is 2.35. The number of carbonyl (C=O) groups excluding carboxylic acids is 1. The van der Waals surface area contributed by atoms with Crippen LogP contribution in [0.4, 0.5) is 4.39 Å². The molecule has 1 fully saturated rings. The summed E-state index contributed by atoms with van der Waals surface area (Å²) < 4.78 is 24.9. The Morgan fingerprint density at radius 1 is 1.29 bits per heavy atom. The van der Waals surface area contributed by atoms with E-state index in [9.17, 15) is 14.0 Å². The van der Waals surface area contributed by atoms with Gasteiger partial charge in [-0.1, -0.05) is 6.07 Å². The number of amides is 1. The number of halogens is 1. The second kappa shape index (κ2) is 4.91. The summed E-state index contributed by atoms with van der Waals surface area (Å²) in [4.78, 5) is 24.6. The molecule has 1 aromatic rings. The Balaban J connectivity index is 1.86. The highest BCUT2D eigenvalue weighted by atomic mass is 19.1. The van der Waals surface area contributed by atoms with E-state index in [1.165, 1.54) is 4.90 Å². The van der Waals surface area contributed by atoms with Crippen LogP contribution in [0.2, 0.25) is 0 Å². The molecule has 2 heterocycles. The minimum Gasteiger partial charge on any atom is -0.486 e. The summed E-state index contributed by atoms with van der Waals surface area (Å²) in [5, 5.41) is 8.88. The first-order chi connectivity index (χ1) is 10.0. The fourth-order valence-electron chi connectivity index (χ4n) is 2.53. The fourth-order valence-corrected chi connectivity index (χ4v) is 2.53. The van der Waals surface area contributed by atoms with E-state index >= 15 is 0 Å². The van der Waals surface area contributed by atoms with Crippen molar-refractivity contribution in [2.75, 3.05) is 26.3 Å². The number of hydrogen-bond acceptors (Lipinski definition) is 4. The minimum absolute atomic E-state index is 0.0617. The van der Waals surface area contributed by atoms with Gasteiger partial charge in [0.1, 0.15) is 13.2 Å². The number of likely N-dealkylation sites (tertiary alicyclic amines) is 1. The normalized spacial score (nSPS) is 24.0. The molecule has 6 nitrogen and oxygen atoms in total. The van der Waals surface area contributed by atoms with Crippen LogP contribution in [0.25, 0.3) is 0 Å². The van der Waals surface area contributed by atoms with Crippen molar-refractivity contribution in [3.8, 4) is 11.5 Å². The molecule has 21 heavy (non-hydrogen) atoms. The number of ether oxygens (including phenoxy) is 2. The SMILES string of the molecule is O=C(c1cccc2c1OCCO2)N1CCC(F)(C(=O)O)C1. The van der Waals surface area contributed by atoms with Gasteiger partial charge in [-0.05, 0) is 12.1 Å². The molecule has 0 spiro atoms. The fraction of sp³-hybridized carbons (Fsp3) is 0.429. The maximum Gasteiger partial charge on any atom is 0.343 e. The summed E-state index contributed by atoms with van der Waals surface area (Å²) >= 11 is 0. The molecular weight excluding hydrogens is 281 g/mol. The van der Waals surface area contributed by atoms with Crippen LogP contribution in [0.15, 0.2) is 18.2 Å². The lowest BCUT2D eigenvalue weighted by atomic mass is 10.1. The van der Waals surface area contributed by atoms with E-state index in [1.807, 2.05) is 0 Å². The number of carbonyl (C=O) groups is 2. The molecule has 3 rings (SSSR count). The van der Waals surface area contributed by atoms with Crippen molar-refractivity contribution in [1.29, 1.82) is 0 Å². The number of fused-ring (bicyclic) bond motifs is 1. The molecule has 7 heteroatoms. The van der Waals surface area contributed by atoms with Gasteiger partial charge in [-0.25, -0.2) is 9.18 Å². The summed E-state index contributed by atoms with van der Waals surface area (Å²) in [6.07, 6.45) is -0.208. The number of rotatable bonds is 2. The van der Waals surface area contributed by atoms with Crippen molar-refractivity contribution >= 4 is 11.9 Å². The monoisotopic (exact) mass is 295 g/mol. The predicted octanol–water partition coefficient (Wildman–Crippen LogP) is 1.10. The molecule has 1 saturated heterocycles. The van der Waals surface area contributed by atoms with E-state index in [1.54, 1.807) is 18.2 Å². The molecule has 0 aromatic heterocycles. The maximum absolute atomic E-state index is 14.1. The number of para-hydroxylation sites is 1. The van der Waals surface area contributed by atoms with E-state index < -0.39 is 24.1 Å². The lowest BCUT2D eigenvalue weighted by Crippen LogP contribution is -2.39. The largest absolute Gasteiger partial charge is 0.486 e. The van der Waals surface area contributed by atoms with Gasteiger partial charge in [0.05, 0.1) is 12.1 Å².